The zero-order valence-corrected chi connectivity index (χ0v) is 12.4. The van der Waals surface area contributed by atoms with E-state index in [0.29, 0.717) is 19.5 Å². The van der Waals surface area contributed by atoms with E-state index in [4.69, 9.17) is 5.11 Å². The number of amides is 2. The Morgan fingerprint density at radius 2 is 2.10 bits per heavy atom. The van der Waals surface area contributed by atoms with E-state index in [2.05, 4.69) is 17.2 Å². The van der Waals surface area contributed by atoms with Crippen molar-refractivity contribution < 1.29 is 9.90 Å². The molecule has 3 N–H and O–H groups in total. The van der Waals surface area contributed by atoms with E-state index in [0.717, 1.165) is 29.4 Å². The van der Waals surface area contributed by atoms with Crippen LogP contribution < -0.4 is 5.32 Å². The van der Waals surface area contributed by atoms with Gasteiger partial charge >= 0.3 is 6.03 Å². The van der Waals surface area contributed by atoms with E-state index in [1.54, 1.807) is 4.90 Å². The van der Waals surface area contributed by atoms with Crippen molar-refractivity contribution in [3.63, 3.8) is 0 Å². The van der Waals surface area contributed by atoms with E-state index < -0.39 is 0 Å². The van der Waals surface area contributed by atoms with E-state index in [9.17, 15) is 4.79 Å². The fraction of sp³-hybridized carbons (Fsp3) is 0.438. The highest BCUT2D eigenvalue weighted by molar-refractivity contribution is 5.92. The molecule has 21 heavy (non-hydrogen) atoms. The molecule has 0 unspecified atom stereocenters. The Morgan fingerprint density at radius 1 is 1.29 bits per heavy atom. The van der Waals surface area contributed by atoms with Gasteiger partial charge in [0.15, 0.2) is 0 Å². The van der Waals surface area contributed by atoms with Crippen molar-refractivity contribution in [2.75, 3.05) is 25.0 Å². The van der Waals surface area contributed by atoms with Crippen molar-refractivity contribution in [3.05, 3.63) is 30.5 Å². The minimum Gasteiger partial charge on any atom is -0.396 e. The fourth-order valence-corrected chi connectivity index (χ4v) is 2.26. The van der Waals surface area contributed by atoms with Gasteiger partial charge in [-0.1, -0.05) is 13.3 Å². The van der Waals surface area contributed by atoms with Crippen LogP contribution in [0.3, 0.4) is 0 Å². The molecule has 0 aliphatic carbocycles. The third kappa shape index (κ3) is 4.23. The number of aromatic amines is 1. The number of fused-ring (bicyclic) bond motifs is 1. The number of aliphatic hydroxyl groups is 1. The Morgan fingerprint density at radius 3 is 2.86 bits per heavy atom. The maximum atomic E-state index is 12.3. The molecule has 2 rings (SSSR count). The molecule has 0 atom stereocenters. The maximum Gasteiger partial charge on any atom is 0.321 e. The molecule has 0 saturated heterocycles. The molecule has 5 heteroatoms. The summed E-state index contributed by atoms with van der Waals surface area (Å²) >= 11 is 0. The van der Waals surface area contributed by atoms with Gasteiger partial charge in [0.1, 0.15) is 0 Å². The largest absolute Gasteiger partial charge is 0.396 e. The molecular formula is C16H23N3O2. The predicted molar refractivity (Wildman–Crippen MR) is 85.5 cm³/mol. The highest BCUT2D eigenvalue weighted by Gasteiger charge is 2.12. The first kappa shape index (κ1) is 15.4. The Kier molecular flexibility index (Phi) is 5.63. The molecule has 0 aliphatic rings. The number of anilines is 1. The smallest absolute Gasteiger partial charge is 0.321 e. The number of hydrogen-bond donors (Lipinski definition) is 3. The minimum atomic E-state index is -0.105. The van der Waals surface area contributed by atoms with Gasteiger partial charge < -0.3 is 20.3 Å². The predicted octanol–water partition coefficient (Wildman–Crippen LogP) is 3.18. The number of rotatable bonds is 7. The first-order valence-electron chi connectivity index (χ1n) is 7.48. The second-order valence-electron chi connectivity index (χ2n) is 5.13. The van der Waals surface area contributed by atoms with Crippen LogP contribution in [0.2, 0.25) is 0 Å². The second-order valence-corrected chi connectivity index (χ2v) is 5.13. The average Bonchev–Trinajstić information content (AvgIpc) is 2.95. The van der Waals surface area contributed by atoms with Gasteiger partial charge in [-0.2, -0.15) is 0 Å². The van der Waals surface area contributed by atoms with Crippen LogP contribution in [0.5, 0.6) is 0 Å². The molecule has 0 aliphatic heterocycles. The molecule has 2 amide bonds. The first-order valence-corrected chi connectivity index (χ1v) is 7.48. The molecule has 1 heterocycles. The number of nitrogens with zero attached hydrogens (tertiary/aromatic N) is 1. The third-order valence-electron chi connectivity index (χ3n) is 3.46. The summed E-state index contributed by atoms with van der Waals surface area (Å²) in [5, 5.41) is 13.0. The van der Waals surface area contributed by atoms with Gasteiger partial charge in [-0.3, -0.25) is 0 Å². The Bertz CT molecular complexity index is 572. The first-order chi connectivity index (χ1) is 10.2. The van der Waals surface area contributed by atoms with Gasteiger partial charge in [0.2, 0.25) is 0 Å². The summed E-state index contributed by atoms with van der Waals surface area (Å²) in [6.45, 7) is 3.50. The number of urea groups is 1. The van der Waals surface area contributed by atoms with Crippen LogP contribution in [-0.4, -0.2) is 40.7 Å². The average molecular weight is 289 g/mol. The van der Waals surface area contributed by atoms with Gasteiger partial charge in [0.25, 0.3) is 0 Å². The number of hydrogen-bond acceptors (Lipinski definition) is 2. The fourth-order valence-electron chi connectivity index (χ4n) is 2.26. The van der Waals surface area contributed by atoms with Crippen molar-refractivity contribution in [1.29, 1.82) is 0 Å². The lowest BCUT2D eigenvalue weighted by atomic mass is 10.2. The van der Waals surface area contributed by atoms with Crippen molar-refractivity contribution in [2.24, 2.45) is 0 Å². The highest BCUT2D eigenvalue weighted by Crippen LogP contribution is 2.18. The van der Waals surface area contributed by atoms with Crippen molar-refractivity contribution >= 4 is 22.6 Å². The number of carbonyl (C=O) groups excluding carboxylic acids is 1. The van der Waals surface area contributed by atoms with Crippen LogP contribution in [0, 0.1) is 0 Å². The molecule has 114 valence electrons. The second kappa shape index (κ2) is 7.69. The summed E-state index contributed by atoms with van der Waals surface area (Å²) in [7, 11) is 0. The lowest BCUT2D eigenvalue weighted by Gasteiger charge is -2.22. The van der Waals surface area contributed by atoms with E-state index >= 15 is 0 Å². The molecule has 0 radical (unpaired) electrons. The maximum absolute atomic E-state index is 12.3. The molecular weight excluding hydrogens is 266 g/mol. The number of carbonyl (C=O) groups is 1. The SMILES string of the molecule is CCCCN(CCCO)C(=O)Nc1ccc2[nH]ccc2c1. The van der Waals surface area contributed by atoms with Crippen LogP contribution in [0.4, 0.5) is 10.5 Å². The van der Waals surface area contributed by atoms with Crippen LogP contribution >= 0.6 is 0 Å². The lowest BCUT2D eigenvalue weighted by Crippen LogP contribution is -2.36. The standard InChI is InChI=1S/C16H23N3O2/c1-2-3-9-19(10-4-11-20)16(21)18-14-5-6-15-13(12-14)7-8-17-15/h5-8,12,17,20H,2-4,9-11H2,1H3,(H,18,21). The van der Waals surface area contributed by atoms with Crippen LogP contribution in [0.25, 0.3) is 10.9 Å². The van der Waals surface area contributed by atoms with Crippen molar-refractivity contribution in [3.8, 4) is 0 Å². The molecule has 2 aromatic rings. The molecule has 1 aromatic carbocycles. The molecule has 0 fully saturated rings. The van der Waals surface area contributed by atoms with Crippen LogP contribution in [-0.2, 0) is 0 Å². The number of H-pyrrole nitrogens is 1. The van der Waals surface area contributed by atoms with Gasteiger partial charge in [-0.25, -0.2) is 4.79 Å². The van der Waals surface area contributed by atoms with Crippen LogP contribution in [0.1, 0.15) is 26.2 Å². The highest BCUT2D eigenvalue weighted by atomic mass is 16.3. The van der Waals surface area contributed by atoms with E-state index in [-0.39, 0.29) is 12.6 Å². The van der Waals surface area contributed by atoms with Crippen LogP contribution in [0.15, 0.2) is 30.5 Å². The minimum absolute atomic E-state index is 0.102. The summed E-state index contributed by atoms with van der Waals surface area (Å²) in [6, 6.07) is 7.67. The van der Waals surface area contributed by atoms with Gasteiger partial charge in [-0.15, -0.1) is 0 Å². The zero-order chi connectivity index (χ0) is 15.1. The molecule has 0 bridgehead atoms. The van der Waals surface area contributed by atoms with Gasteiger partial charge in [-0.05, 0) is 37.1 Å². The molecule has 5 nitrogen and oxygen atoms in total. The Hall–Kier alpha value is -2.01. The summed E-state index contributed by atoms with van der Waals surface area (Å²) < 4.78 is 0. The number of nitrogens with one attached hydrogen (secondary N) is 2. The molecule has 0 spiro atoms. The van der Waals surface area contributed by atoms with Gasteiger partial charge in [0.05, 0.1) is 0 Å². The number of aliphatic hydroxyl groups excluding tert-OH is 1. The quantitative estimate of drug-likeness (QED) is 0.732. The monoisotopic (exact) mass is 289 g/mol. The Balaban J connectivity index is 2.01. The number of benzene rings is 1. The summed E-state index contributed by atoms with van der Waals surface area (Å²) in [4.78, 5) is 17.2. The number of aromatic nitrogens is 1. The molecule has 1 aromatic heterocycles. The Labute approximate surface area is 125 Å². The topological polar surface area (TPSA) is 68.4 Å². The summed E-state index contributed by atoms with van der Waals surface area (Å²) in [6.07, 6.45) is 4.49. The van der Waals surface area contributed by atoms with Crippen molar-refractivity contribution in [2.45, 2.75) is 26.2 Å². The van der Waals surface area contributed by atoms with Crippen molar-refractivity contribution in [1.82, 2.24) is 9.88 Å². The van der Waals surface area contributed by atoms with E-state index in [1.165, 1.54) is 0 Å². The normalized spacial score (nSPS) is 10.8. The summed E-state index contributed by atoms with van der Waals surface area (Å²) in [5.41, 5.74) is 1.84. The zero-order valence-electron chi connectivity index (χ0n) is 12.4. The number of unbranched alkanes of at least 4 members (excludes halogenated alkanes) is 1. The lowest BCUT2D eigenvalue weighted by molar-refractivity contribution is 0.201. The molecule has 0 saturated carbocycles. The summed E-state index contributed by atoms with van der Waals surface area (Å²) in [5.74, 6) is 0. The third-order valence-corrected chi connectivity index (χ3v) is 3.46. The van der Waals surface area contributed by atoms with E-state index in [1.807, 2.05) is 30.5 Å². The van der Waals surface area contributed by atoms with Gasteiger partial charge in [0, 0.05) is 42.5 Å².